The van der Waals surface area contributed by atoms with Gasteiger partial charge in [-0.3, -0.25) is 9.63 Å². The average molecular weight is 285 g/mol. The van der Waals surface area contributed by atoms with Gasteiger partial charge in [-0.1, -0.05) is 0 Å². The fourth-order valence-electron chi connectivity index (χ4n) is 1.54. The normalized spacial score (nSPS) is 11.4. The van der Waals surface area contributed by atoms with Crippen LogP contribution in [0.5, 0.6) is 0 Å². The van der Waals surface area contributed by atoms with Crippen LogP contribution in [0.1, 0.15) is 16.1 Å². The Hall–Kier alpha value is -2.35. The number of nitrogens with one attached hydrogen (secondary N) is 1. The molecule has 0 saturated carbocycles. The summed E-state index contributed by atoms with van der Waals surface area (Å²) in [7, 11) is 1.30. The van der Waals surface area contributed by atoms with E-state index in [4.69, 9.17) is 0 Å². The number of amides is 1. The average Bonchev–Trinajstić information content (AvgIpc) is 2.89. The van der Waals surface area contributed by atoms with Crippen molar-refractivity contribution in [3.05, 3.63) is 47.8 Å². The number of carbonyl (C=O) groups excluding carboxylic acids is 1. The maximum Gasteiger partial charge on any atom is 0.435 e. The van der Waals surface area contributed by atoms with Gasteiger partial charge >= 0.3 is 6.18 Å². The van der Waals surface area contributed by atoms with Gasteiger partial charge in [-0.15, -0.1) is 0 Å². The number of hydrogen-bond acceptors (Lipinski definition) is 3. The number of hydrogen-bond donors (Lipinski definition) is 1. The lowest BCUT2D eigenvalue weighted by molar-refractivity contribution is -0.141. The van der Waals surface area contributed by atoms with Crippen molar-refractivity contribution < 1.29 is 22.8 Å². The first kappa shape index (κ1) is 14.1. The third kappa shape index (κ3) is 2.97. The summed E-state index contributed by atoms with van der Waals surface area (Å²) in [5, 5.41) is 3.43. The van der Waals surface area contributed by atoms with Crippen LogP contribution in [-0.4, -0.2) is 22.8 Å². The van der Waals surface area contributed by atoms with E-state index in [1.54, 1.807) is 0 Å². The van der Waals surface area contributed by atoms with Crippen LogP contribution in [0.2, 0.25) is 0 Å². The predicted octanol–water partition coefficient (Wildman–Crippen LogP) is 2.18. The summed E-state index contributed by atoms with van der Waals surface area (Å²) < 4.78 is 38.4. The van der Waals surface area contributed by atoms with Gasteiger partial charge in [0.25, 0.3) is 5.91 Å². The van der Waals surface area contributed by atoms with E-state index < -0.39 is 17.8 Å². The number of benzene rings is 1. The Morgan fingerprint density at radius 2 is 1.90 bits per heavy atom. The second-order valence-electron chi connectivity index (χ2n) is 3.83. The monoisotopic (exact) mass is 285 g/mol. The first-order valence-corrected chi connectivity index (χ1v) is 5.48. The molecule has 20 heavy (non-hydrogen) atoms. The molecule has 8 heteroatoms. The zero-order valence-corrected chi connectivity index (χ0v) is 10.3. The smallest absolute Gasteiger partial charge is 0.277 e. The summed E-state index contributed by atoms with van der Waals surface area (Å²) >= 11 is 0. The first-order chi connectivity index (χ1) is 9.41. The molecule has 1 heterocycles. The van der Waals surface area contributed by atoms with Crippen LogP contribution in [0.3, 0.4) is 0 Å². The summed E-state index contributed by atoms with van der Waals surface area (Å²) in [5.74, 6) is -0.449. The van der Waals surface area contributed by atoms with Gasteiger partial charge in [0.2, 0.25) is 0 Å². The minimum atomic E-state index is -4.48. The van der Waals surface area contributed by atoms with E-state index in [0.717, 1.165) is 10.7 Å². The molecule has 0 aliphatic heterocycles. The standard InChI is InChI=1S/C12H10F3N3O2/c1-20-17-11(19)8-2-4-9(5-3-8)18-7-6-10(16-18)12(13,14)15/h2-7H,1H3,(H,17,19). The molecule has 0 spiro atoms. The molecule has 0 atom stereocenters. The molecule has 0 aliphatic rings. The molecule has 2 aromatic rings. The Bertz CT molecular complexity index is 605. The van der Waals surface area contributed by atoms with Gasteiger partial charge in [-0.25, -0.2) is 10.2 Å². The summed E-state index contributed by atoms with van der Waals surface area (Å²) in [5.41, 5.74) is 1.89. The van der Waals surface area contributed by atoms with Crippen molar-refractivity contribution in [3.8, 4) is 5.69 Å². The summed E-state index contributed by atoms with van der Waals surface area (Å²) in [6, 6.07) is 6.76. The molecule has 0 unspecified atom stereocenters. The molecule has 2 rings (SSSR count). The van der Waals surface area contributed by atoms with Crippen LogP contribution in [0.25, 0.3) is 5.69 Å². The zero-order chi connectivity index (χ0) is 14.8. The van der Waals surface area contributed by atoms with Gasteiger partial charge in [0.1, 0.15) is 0 Å². The quantitative estimate of drug-likeness (QED) is 0.879. The SMILES string of the molecule is CONC(=O)c1ccc(-n2ccc(C(F)(F)F)n2)cc1. The van der Waals surface area contributed by atoms with Crippen LogP contribution >= 0.6 is 0 Å². The molecule has 1 aromatic carbocycles. The van der Waals surface area contributed by atoms with Crippen LogP contribution in [0, 0.1) is 0 Å². The molecule has 106 valence electrons. The highest BCUT2D eigenvalue weighted by molar-refractivity contribution is 5.93. The van der Waals surface area contributed by atoms with Crippen molar-refractivity contribution in [1.82, 2.24) is 15.3 Å². The number of alkyl halides is 3. The minimum Gasteiger partial charge on any atom is -0.277 e. The van der Waals surface area contributed by atoms with Gasteiger partial charge in [-0.2, -0.15) is 18.3 Å². The fraction of sp³-hybridized carbons (Fsp3) is 0.167. The maximum atomic E-state index is 12.4. The highest BCUT2D eigenvalue weighted by Crippen LogP contribution is 2.27. The Kier molecular flexibility index (Phi) is 3.75. The van der Waals surface area contributed by atoms with Crippen molar-refractivity contribution >= 4 is 5.91 Å². The summed E-state index contributed by atoms with van der Waals surface area (Å²) in [6.45, 7) is 0. The van der Waals surface area contributed by atoms with Crippen molar-refractivity contribution in [2.75, 3.05) is 7.11 Å². The first-order valence-electron chi connectivity index (χ1n) is 5.48. The van der Waals surface area contributed by atoms with E-state index in [-0.39, 0.29) is 0 Å². The molecule has 0 aliphatic carbocycles. The second kappa shape index (κ2) is 5.33. The number of carbonyl (C=O) groups is 1. The lowest BCUT2D eigenvalue weighted by Gasteiger charge is -2.05. The molecule has 0 fully saturated rings. The predicted molar refractivity (Wildman–Crippen MR) is 63.0 cm³/mol. The number of hydroxylamine groups is 1. The number of aromatic nitrogens is 2. The van der Waals surface area contributed by atoms with Gasteiger partial charge in [0.15, 0.2) is 5.69 Å². The molecule has 1 amide bonds. The third-order valence-electron chi connectivity index (χ3n) is 2.47. The fourth-order valence-corrected chi connectivity index (χ4v) is 1.54. The largest absolute Gasteiger partial charge is 0.435 e. The van der Waals surface area contributed by atoms with E-state index in [1.165, 1.54) is 37.6 Å². The molecule has 1 N–H and O–H groups in total. The van der Waals surface area contributed by atoms with Gasteiger partial charge < -0.3 is 0 Å². The third-order valence-corrected chi connectivity index (χ3v) is 2.47. The Morgan fingerprint density at radius 1 is 1.25 bits per heavy atom. The van der Waals surface area contributed by atoms with E-state index in [2.05, 4.69) is 15.4 Å². The zero-order valence-electron chi connectivity index (χ0n) is 10.3. The van der Waals surface area contributed by atoms with Gasteiger partial charge in [-0.05, 0) is 30.3 Å². The summed E-state index contributed by atoms with van der Waals surface area (Å²) in [4.78, 5) is 15.9. The van der Waals surface area contributed by atoms with E-state index in [1.807, 2.05) is 0 Å². The van der Waals surface area contributed by atoms with E-state index >= 15 is 0 Å². The van der Waals surface area contributed by atoms with Crippen LogP contribution in [-0.2, 0) is 11.0 Å². The second-order valence-corrected chi connectivity index (χ2v) is 3.83. The Labute approximate surface area is 111 Å². The van der Waals surface area contributed by atoms with Gasteiger partial charge in [0, 0.05) is 11.8 Å². The molecule has 0 radical (unpaired) electrons. The number of rotatable bonds is 3. The highest BCUT2D eigenvalue weighted by atomic mass is 19.4. The molecule has 0 bridgehead atoms. The van der Waals surface area contributed by atoms with Crippen molar-refractivity contribution in [2.24, 2.45) is 0 Å². The minimum absolute atomic E-state index is 0.318. The number of nitrogens with zero attached hydrogens (tertiary/aromatic N) is 2. The lowest BCUT2D eigenvalue weighted by atomic mass is 10.2. The topological polar surface area (TPSA) is 56.1 Å². The molecule has 0 saturated heterocycles. The van der Waals surface area contributed by atoms with E-state index in [0.29, 0.717) is 11.3 Å². The van der Waals surface area contributed by atoms with Crippen molar-refractivity contribution in [3.63, 3.8) is 0 Å². The van der Waals surface area contributed by atoms with Crippen LogP contribution in [0.4, 0.5) is 13.2 Å². The Balaban J connectivity index is 2.22. The maximum absolute atomic E-state index is 12.4. The molecule has 5 nitrogen and oxygen atoms in total. The molecular formula is C12H10F3N3O2. The van der Waals surface area contributed by atoms with Gasteiger partial charge in [0.05, 0.1) is 12.8 Å². The summed E-state index contributed by atoms with van der Waals surface area (Å²) in [6.07, 6.45) is -3.28. The highest BCUT2D eigenvalue weighted by Gasteiger charge is 2.33. The van der Waals surface area contributed by atoms with Crippen LogP contribution < -0.4 is 5.48 Å². The lowest BCUT2D eigenvalue weighted by Crippen LogP contribution is -2.21. The Morgan fingerprint density at radius 3 is 2.40 bits per heavy atom. The van der Waals surface area contributed by atoms with Crippen molar-refractivity contribution in [1.29, 1.82) is 0 Å². The number of halogens is 3. The molecular weight excluding hydrogens is 275 g/mol. The van der Waals surface area contributed by atoms with E-state index in [9.17, 15) is 18.0 Å². The molecule has 1 aromatic heterocycles. The van der Waals surface area contributed by atoms with Crippen molar-refractivity contribution in [2.45, 2.75) is 6.18 Å². The van der Waals surface area contributed by atoms with Crippen LogP contribution in [0.15, 0.2) is 36.5 Å².